The van der Waals surface area contributed by atoms with Crippen molar-refractivity contribution in [3.63, 3.8) is 0 Å². The van der Waals surface area contributed by atoms with Crippen molar-refractivity contribution in [2.24, 2.45) is 0 Å². The Morgan fingerprint density at radius 3 is 0.118 bits per heavy atom. The van der Waals surface area contributed by atoms with Crippen molar-refractivity contribution in [3.05, 3.63) is 0 Å². The van der Waals surface area contributed by atoms with Crippen LogP contribution in [0.3, 0.4) is 0 Å². The summed E-state index contributed by atoms with van der Waals surface area (Å²) in [7, 11) is 0. The Morgan fingerprint density at radius 2 is 0.118 bits per heavy atom. The Hall–Kier alpha value is -0.0400. The third-order valence-electron chi connectivity index (χ3n) is 10.4. The third-order valence-corrected chi connectivity index (χ3v) is 10.4. The lowest BCUT2D eigenvalue weighted by Gasteiger charge is -1.86. The Kier molecular flexibility index (Phi) is 539. The van der Waals surface area contributed by atoms with E-state index in [0.29, 0.717) is 0 Å². The minimum atomic E-state index is 0.844. The lowest BCUT2D eigenvalue weighted by molar-refractivity contribution is 0.162. The van der Waals surface area contributed by atoms with E-state index in [9.17, 15) is 0 Å². The van der Waals surface area contributed by atoms with Crippen LogP contribution in [0, 0.1) is 0 Å². The molecule has 0 aromatic rings. The Morgan fingerprint density at radius 1 is 0.0824 bits per heavy atom. The van der Waals surface area contributed by atoms with Crippen LogP contribution >= 0.6 is 0 Å². The fraction of sp³-hybridized carbons (Fsp3) is 1.00. The van der Waals surface area contributed by atoms with E-state index in [0.717, 1.165) is 13.2 Å². The number of hydrogen-bond donors (Lipinski definition) is 0. The van der Waals surface area contributed by atoms with E-state index in [1.807, 2.05) is 13.8 Å². The largest absolute Gasteiger partial charge is 0.382 e. The number of rotatable bonds is 22. The van der Waals surface area contributed by atoms with Gasteiger partial charge in [-0.15, -0.1) is 0 Å². The molecule has 1 nitrogen and oxygen atoms in total. The van der Waals surface area contributed by atoms with Gasteiger partial charge in [0, 0.05) is 13.2 Å². The summed E-state index contributed by atoms with van der Waals surface area (Å²) in [6, 6.07) is 0. The molecule has 0 spiro atoms. The highest BCUT2D eigenvalue weighted by molar-refractivity contribution is 4.20. The van der Waals surface area contributed by atoms with Crippen LogP contribution < -0.4 is 0 Å². The summed E-state index contributed by atoms with van der Waals surface area (Å²) >= 11 is 0. The highest BCUT2D eigenvalue weighted by Crippen LogP contribution is 1.84. The van der Waals surface area contributed by atoms with Crippen molar-refractivity contribution in [2.45, 2.75) is 548 Å². The van der Waals surface area contributed by atoms with E-state index in [4.69, 9.17) is 4.74 Å². The van der Waals surface area contributed by atoms with E-state index in [-0.39, 0.29) is 0 Å². The average Bonchev–Trinajstić information content (AvgIpc) is 3.59. The Bertz CT molecular complexity index is 260. The molecule has 85 heavy (non-hydrogen) atoms. The van der Waals surface area contributed by atoms with E-state index < -0.39 is 0 Å². The molecule has 0 aliphatic rings. The quantitative estimate of drug-likeness (QED) is 0.105. The SMILES string of the molecule is CCCC.CCCC.CCCC.CCCC.CCCC.CCCC.CCCC.CCCC.CCCC.CCCC.CCCC.CCCC.CCCC.CCCC.CCCC.CCCC.CCCC.CCCC.CCCC.CCCC.CCOCC. The van der Waals surface area contributed by atoms with Crippen LogP contribution in [0.15, 0.2) is 0 Å². The molecule has 0 fully saturated rings. The van der Waals surface area contributed by atoms with Crippen LogP contribution in [-0.2, 0) is 4.74 Å². The highest BCUT2D eigenvalue weighted by atomic mass is 16.5. The molecule has 0 saturated heterocycles. The van der Waals surface area contributed by atoms with Gasteiger partial charge in [-0.25, -0.2) is 0 Å². The van der Waals surface area contributed by atoms with E-state index in [1.165, 1.54) is 257 Å². The summed E-state index contributed by atoms with van der Waals surface area (Å²) in [5.41, 5.74) is 0. The zero-order valence-electron chi connectivity index (χ0n) is 72.1. The molecule has 552 valence electrons. The first-order valence-corrected chi connectivity index (χ1v) is 40.3. The normalized spacial score (nSPS) is 7.55. The minimum Gasteiger partial charge on any atom is -0.382 e. The third kappa shape index (κ3) is 1170. The maximum atomic E-state index is 4.83. The molecule has 0 amide bonds. The van der Waals surface area contributed by atoms with Crippen molar-refractivity contribution >= 4 is 0 Å². The zero-order chi connectivity index (χ0) is 72.4. The maximum absolute atomic E-state index is 4.83. The topological polar surface area (TPSA) is 9.23 Å². The van der Waals surface area contributed by atoms with Gasteiger partial charge in [0.25, 0.3) is 0 Å². The van der Waals surface area contributed by atoms with Gasteiger partial charge >= 0.3 is 0 Å². The fourth-order valence-electron chi connectivity index (χ4n) is 0.204. The Labute approximate surface area is 562 Å². The molecule has 0 aliphatic heterocycles. The van der Waals surface area contributed by atoms with Gasteiger partial charge in [0.05, 0.1) is 0 Å². The second kappa shape index (κ2) is 313. The molecule has 0 unspecified atom stereocenters. The lowest BCUT2D eigenvalue weighted by Crippen LogP contribution is -1.84. The standard InChI is InChI=1S/C4H10O.20C4H10/c1-3-5-4-2;20*1-3-4-2/h3-4H2,1-2H3;20*3-4H2,1-2H3. The number of ether oxygens (including phenoxy) is 1. The van der Waals surface area contributed by atoms with Gasteiger partial charge in [0.15, 0.2) is 0 Å². The number of unbranched alkanes of at least 4 members (excludes halogenated alkanes) is 20. The fourth-order valence-corrected chi connectivity index (χ4v) is 0.204. The van der Waals surface area contributed by atoms with Crippen LogP contribution in [0.25, 0.3) is 0 Å². The van der Waals surface area contributed by atoms with Gasteiger partial charge < -0.3 is 4.74 Å². The lowest BCUT2D eigenvalue weighted by atomic mass is 10.4. The molecule has 0 heterocycles. The average molecular weight is 1240 g/mol. The molecule has 0 N–H and O–H groups in total. The molecule has 1 heteroatoms. The summed E-state index contributed by atoms with van der Waals surface area (Å²) < 4.78 is 4.83. The molecule has 0 radical (unpaired) electrons. The molecular formula is C84H210O. The predicted octanol–water partition coefficient (Wildman–Crippen LogP) is 37.2. The van der Waals surface area contributed by atoms with E-state index in [2.05, 4.69) is 277 Å². The monoisotopic (exact) mass is 1240 g/mol. The molecule has 0 aromatic heterocycles. The van der Waals surface area contributed by atoms with Gasteiger partial charge in [-0.1, -0.05) is 534 Å². The van der Waals surface area contributed by atoms with Gasteiger partial charge in [-0.2, -0.15) is 0 Å². The summed E-state index contributed by atoms with van der Waals surface area (Å²) in [5.74, 6) is 0. The van der Waals surface area contributed by atoms with Gasteiger partial charge in [-0.3, -0.25) is 0 Å². The first-order chi connectivity index (χ1) is 40.7. The number of hydrogen-bond acceptors (Lipinski definition) is 1. The summed E-state index contributed by atoms with van der Waals surface area (Å²) in [6.07, 6.45) is 52.8. The van der Waals surface area contributed by atoms with Crippen LogP contribution in [-0.4, -0.2) is 13.2 Å². The van der Waals surface area contributed by atoms with Gasteiger partial charge in [0.1, 0.15) is 0 Å². The highest BCUT2D eigenvalue weighted by Gasteiger charge is 1.65. The van der Waals surface area contributed by atoms with Crippen LogP contribution in [0.1, 0.15) is 548 Å². The summed E-state index contributed by atoms with van der Waals surface area (Å²) in [6.45, 7) is 92.9. The molecule has 0 bridgehead atoms. The van der Waals surface area contributed by atoms with Crippen molar-refractivity contribution < 1.29 is 4.74 Å². The van der Waals surface area contributed by atoms with E-state index >= 15 is 0 Å². The summed E-state index contributed by atoms with van der Waals surface area (Å²) in [4.78, 5) is 0. The van der Waals surface area contributed by atoms with Crippen molar-refractivity contribution in [3.8, 4) is 0 Å². The van der Waals surface area contributed by atoms with Crippen LogP contribution in [0.2, 0.25) is 0 Å². The van der Waals surface area contributed by atoms with Gasteiger partial charge in [0.2, 0.25) is 0 Å². The smallest absolute Gasteiger partial charge is 0.0437 e. The van der Waals surface area contributed by atoms with Crippen molar-refractivity contribution in [2.75, 3.05) is 13.2 Å². The molecule has 0 rings (SSSR count). The maximum Gasteiger partial charge on any atom is 0.0437 e. The summed E-state index contributed by atoms with van der Waals surface area (Å²) in [5, 5.41) is 0. The molecular weight excluding hydrogens is 1020 g/mol. The second-order valence-electron chi connectivity index (χ2n) is 20.8. The minimum absolute atomic E-state index is 0.844. The van der Waals surface area contributed by atoms with Gasteiger partial charge in [-0.05, 0) is 13.8 Å². The molecule has 0 aliphatic carbocycles. The molecule has 0 saturated carbocycles. The first kappa shape index (κ1) is 146. The van der Waals surface area contributed by atoms with E-state index in [1.54, 1.807) is 0 Å². The molecule has 0 aromatic carbocycles. The zero-order valence-corrected chi connectivity index (χ0v) is 72.1. The molecule has 0 atom stereocenters. The second-order valence-corrected chi connectivity index (χ2v) is 20.8. The first-order valence-electron chi connectivity index (χ1n) is 40.3. The van der Waals surface area contributed by atoms with Crippen LogP contribution in [0.5, 0.6) is 0 Å². The van der Waals surface area contributed by atoms with Crippen molar-refractivity contribution in [1.29, 1.82) is 0 Å². The Balaban J connectivity index is -0.0000000266. The predicted molar refractivity (Wildman–Crippen MR) is 434 cm³/mol. The van der Waals surface area contributed by atoms with Crippen molar-refractivity contribution in [1.82, 2.24) is 0 Å². The van der Waals surface area contributed by atoms with Crippen LogP contribution in [0.4, 0.5) is 0 Å².